The van der Waals surface area contributed by atoms with Crippen LogP contribution in [-0.4, -0.2) is 88.6 Å². The van der Waals surface area contributed by atoms with Gasteiger partial charge in [0.2, 0.25) is 11.8 Å². The Kier molecular flexibility index (Phi) is 9.19. The van der Waals surface area contributed by atoms with E-state index in [4.69, 9.17) is 9.47 Å². The summed E-state index contributed by atoms with van der Waals surface area (Å²) >= 11 is 1.59. The number of hydrogen-bond donors (Lipinski definition) is 0. The van der Waals surface area contributed by atoms with E-state index in [2.05, 4.69) is 10.2 Å². The molecule has 1 unspecified atom stereocenters. The number of piperazine rings is 1. The molecule has 196 valence electrons. The zero-order valence-electron chi connectivity index (χ0n) is 21.5. The van der Waals surface area contributed by atoms with Gasteiger partial charge in [0.05, 0.1) is 7.11 Å². The van der Waals surface area contributed by atoms with E-state index in [1.165, 1.54) is 7.11 Å². The van der Waals surface area contributed by atoms with E-state index in [9.17, 15) is 9.59 Å². The minimum atomic E-state index is -0.0330. The van der Waals surface area contributed by atoms with Crippen molar-refractivity contribution in [1.29, 1.82) is 0 Å². The van der Waals surface area contributed by atoms with Gasteiger partial charge in [0.1, 0.15) is 12.4 Å². The Balaban J connectivity index is 1.37. The molecular weight excluding hydrogens is 490 g/mol. The highest BCUT2D eigenvalue weighted by Crippen LogP contribution is 2.30. The molecule has 1 atom stereocenters. The second kappa shape index (κ2) is 12.7. The summed E-state index contributed by atoms with van der Waals surface area (Å²) in [6, 6.07) is 17.8. The molecule has 0 bridgehead atoms. The summed E-state index contributed by atoms with van der Waals surface area (Å²) in [7, 11) is 3.16. The van der Waals surface area contributed by atoms with E-state index >= 15 is 0 Å². The third-order valence-electron chi connectivity index (χ3n) is 6.31. The van der Waals surface area contributed by atoms with Crippen LogP contribution < -0.4 is 4.74 Å². The van der Waals surface area contributed by atoms with Crippen molar-refractivity contribution in [1.82, 2.24) is 24.6 Å². The Bertz CT molecular complexity index is 1200. The molecule has 3 aromatic rings. The SMILES string of the molecule is COCC(=O)N1CCN(C(=O)CCCSc2nnc(-c3cccc(OC)c3)n2-c2ccccc2)CC1C. The Labute approximate surface area is 221 Å². The summed E-state index contributed by atoms with van der Waals surface area (Å²) in [6.45, 7) is 3.69. The standard InChI is InChI=1S/C27H33N5O4S/c1-20-18-30(14-15-31(20)25(34)19-35-2)24(33)13-8-16-37-27-29-28-26(21-9-7-12-23(17-21)36-3)32(27)22-10-5-4-6-11-22/h4-7,9-12,17,20H,8,13-16,18-19H2,1-3H3. The van der Waals surface area contributed by atoms with Crippen LogP contribution in [0.4, 0.5) is 0 Å². The van der Waals surface area contributed by atoms with Crippen molar-refractivity contribution < 1.29 is 19.1 Å². The smallest absolute Gasteiger partial charge is 0.248 e. The van der Waals surface area contributed by atoms with Crippen LogP contribution in [0.15, 0.2) is 59.8 Å². The number of benzene rings is 2. The van der Waals surface area contributed by atoms with Gasteiger partial charge >= 0.3 is 0 Å². The largest absolute Gasteiger partial charge is 0.497 e. The summed E-state index contributed by atoms with van der Waals surface area (Å²) in [5, 5.41) is 9.73. The molecule has 37 heavy (non-hydrogen) atoms. The van der Waals surface area contributed by atoms with Crippen LogP contribution in [0.5, 0.6) is 5.75 Å². The van der Waals surface area contributed by atoms with Crippen molar-refractivity contribution in [2.75, 3.05) is 46.2 Å². The molecule has 2 heterocycles. The quantitative estimate of drug-likeness (QED) is 0.297. The van der Waals surface area contributed by atoms with Gasteiger partial charge < -0.3 is 19.3 Å². The van der Waals surface area contributed by atoms with Crippen LogP contribution in [0, 0.1) is 0 Å². The van der Waals surface area contributed by atoms with Crippen molar-refractivity contribution in [2.45, 2.75) is 31.0 Å². The highest BCUT2D eigenvalue weighted by Gasteiger charge is 2.29. The minimum absolute atomic E-state index is 0.0193. The Morgan fingerprint density at radius 1 is 1.03 bits per heavy atom. The lowest BCUT2D eigenvalue weighted by molar-refractivity contribution is -0.144. The van der Waals surface area contributed by atoms with Crippen molar-refractivity contribution in [3.63, 3.8) is 0 Å². The lowest BCUT2D eigenvalue weighted by Gasteiger charge is -2.39. The number of amides is 2. The summed E-state index contributed by atoms with van der Waals surface area (Å²) in [6.07, 6.45) is 1.17. The third kappa shape index (κ3) is 6.50. The average molecular weight is 524 g/mol. The van der Waals surface area contributed by atoms with E-state index in [1.54, 1.807) is 23.8 Å². The number of thioether (sulfide) groups is 1. The van der Waals surface area contributed by atoms with E-state index in [-0.39, 0.29) is 24.5 Å². The van der Waals surface area contributed by atoms with Crippen molar-refractivity contribution in [3.8, 4) is 22.8 Å². The number of methoxy groups -OCH3 is 2. The second-order valence-corrected chi connectivity index (χ2v) is 9.93. The van der Waals surface area contributed by atoms with Crippen molar-refractivity contribution >= 4 is 23.6 Å². The number of rotatable bonds is 10. The number of nitrogens with zero attached hydrogens (tertiary/aromatic N) is 5. The van der Waals surface area contributed by atoms with Gasteiger partial charge in [-0.1, -0.05) is 42.1 Å². The number of para-hydroxylation sites is 1. The summed E-state index contributed by atoms with van der Waals surface area (Å²) in [5.74, 6) is 2.31. The van der Waals surface area contributed by atoms with Gasteiger partial charge in [-0.05, 0) is 37.6 Å². The van der Waals surface area contributed by atoms with Crippen LogP contribution in [0.1, 0.15) is 19.8 Å². The van der Waals surface area contributed by atoms with E-state index < -0.39 is 0 Å². The molecule has 2 amide bonds. The third-order valence-corrected chi connectivity index (χ3v) is 7.33. The number of aromatic nitrogens is 3. The molecule has 9 nitrogen and oxygen atoms in total. The molecule has 1 aliphatic rings. The maximum Gasteiger partial charge on any atom is 0.248 e. The van der Waals surface area contributed by atoms with Gasteiger partial charge in [-0.2, -0.15) is 0 Å². The van der Waals surface area contributed by atoms with Crippen LogP contribution >= 0.6 is 11.8 Å². The number of carbonyl (C=O) groups excluding carboxylic acids is 2. The molecule has 1 aliphatic heterocycles. The summed E-state index contributed by atoms with van der Waals surface area (Å²) in [5.41, 5.74) is 1.88. The number of carbonyl (C=O) groups is 2. The Morgan fingerprint density at radius 2 is 1.84 bits per heavy atom. The second-order valence-electron chi connectivity index (χ2n) is 8.87. The van der Waals surface area contributed by atoms with Gasteiger partial charge in [0, 0.05) is 56.2 Å². The molecule has 1 fully saturated rings. The first-order valence-electron chi connectivity index (χ1n) is 12.4. The molecule has 0 spiro atoms. The minimum Gasteiger partial charge on any atom is -0.497 e. The molecule has 10 heteroatoms. The maximum absolute atomic E-state index is 12.8. The molecule has 1 saturated heterocycles. The monoisotopic (exact) mass is 523 g/mol. The van der Waals surface area contributed by atoms with Gasteiger partial charge in [0.25, 0.3) is 0 Å². The Hall–Kier alpha value is -3.37. The first-order chi connectivity index (χ1) is 18.0. The molecule has 0 saturated carbocycles. The van der Waals surface area contributed by atoms with Crippen molar-refractivity contribution in [3.05, 3.63) is 54.6 Å². The van der Waals surface area contributed by atoms with Gasteiger partial charge in [-0.25, -0.2) is 0 Å². The predicted molar refractivity (Wildman–Crippen MR) is 143 cm³/mol. The normalized spacial score (nSPS) is 15.6. The summed E-state index contributed by atoms with van der Waals surface area (Å²) in [4.78, 5) is 28.7. The molecule has 0 aliphatic carbocycles. The fourth-order valence-electron chi connectivity index (χ4n) is 4.43. The highest BCUT2D eigenvalue weighted by atomic mass is 32.2. The molecule has 1 aromatic heterocycles. The maximum atomic E-state index is 12.8. The van der Waals surface area contributed by atoms with E-state index in [1.807, 2.05) is 71.0 Å². The van der Waals surface area contributed by atoms with Gasteiger partial charge in [0.15, 0.2) is 11.0 Å². The van der Waals surface area contributed by atoms with Gasteiger partial charge in [-0.15, -0.1) is 10.2 Å². The van der Waals surface area contributed by atoms with Crippen LogP contribution in [0.2, 0.25) is 0 Å². The predicted octanol–water partition coefficient (Wildman–Crippen LogP) is 3.52. The first kappa shape index (κ1) is 26.7. The fourth-order valence-corrected chi connectivity index (χ4v) is 5.32. The molecule has 0 N–H and O–H groups in total. The van der Waals surface area contributed by atoms with Crippen molar-refractivity contribution in [2.24, 2.45) is 0 Å². The number of hydrogen-bond acceptors (Lipinski definition) is 7. The molecule has 4 rings (SSSR count). The molecular formula is C27H33N5O4S. The van der Waals surface area contributed by atoms with Gasteiger partial charge in [-0.3, -0.25) is 14.2 Å². The lowest BCUT2D eigenvalue weighted by atomic mass is 10.1. The van der Waals surface area contributed by atoms with Crippen LogP contribution in [0.3, 0.4) is 0 Å². The lowest BCUT2D eigenvalue weighted by Crippen LogP contribution is -2.56. The van der Waals surface area contributed by atoms with Crippen LogP contribution in [0.25, 0.3) is 17.1 Å². The Morgan fingerprint density at radius 3 is 2.57 bits per heavy atom. The highest BCUT2D eigenvalue weighted by molar-refractivity contribution is 7.99. The van der Waals surface area contributed by atoms with E-state index in [0.29, 0.717) is 26.1 Å². The zero-order valence-corrected chi connectivity index (χ0v) is 22.3. The summed E-state index contributed by atoms with van der Waals surface area (Å²) < 4.78 is 12.4. The average Bonchev–Trinajstić information content (AvgIpc) is 3.35. The molecule has 0 radical (unpaired) electrons. The zero-order chi connectivity index (χ0) is 26.2. The number of ether oxygens (including phenoxy) is 2. The molecule has 2 aromatic carbocycles. The van der Waals surface area contributed by atoms with E-state index in [0.717, 1.165) is 40.2 Å². The topological polar surface area (TPSA) is 89.8 Å². The fraction of sp³-hybridized carbons (Fsp3) is 0.407. The van der Waals surface area contributed by atoms with Crippen LogP contribution in [-0.2, 0) is 14.3 Å². The first-order valence-corrected chi connectivity index (χ1v) is 13.3.